The monoisotopic (exact) mass is 484 g/mol. The van der Waals surface area contributed by atoms with Gasteiger partial charge in [0.1, 0.15) is 17.3 Å². The van der Waals surface area contributed by atoms with E-state index in [0.717, 1.165) is 11.3 Å². The number of amides is 1. The van der Waals surface area contributed by atoms with Crippen LogP contribution in [0.4, 0.5) is 0 Å². The molecule has 0 saturated carbocycles. The Kier molecular flexibility index (Phi) is 7.86. The van der Waals surface area contributed by atoms with Gasteiger partial charge in [-0.15, -0.1) is 0 Å². The highest BCUT2D eigenvalue weighted by atomic mass is 35.5. The Hall–Kier alpha value is -1.80. The highest BCUT2D eigenvalue weighted by Gasteiger charge is 2.34. The summed E-state index contributed by atoms with van der Waals surface area (Å²) in [6.45, 7) is 3.38. The molecule has 0 aliphatic carbocycles. The molecule has 1 aliphatic heterocycles. The fourth-order valence-corrected chi connectivity index (χ4v) is 5.72. The van der Waals surface area contributed by atoms with Crippen LogP contribution in [0.15, 0.2) is 47.4 Å². The number of piperidine rings is 1. The lowest BCUT2D eigenvalue weighted by atomic mass is 9.97. The zero-order valence-corrected chi connectivity index (χ0v) is 19.9. The van der Waals surface area contributed by atoms with Crippen LogP contribution in [0.2, 0.25) is 10.0 Å². The number of aryl methyl sites for hydroxylation is 1. The van der Waals surface area contributed by atoms with Crippen molar-refractivity contribution in [1.29, 1.82) is 0 Å². The summed E-state index contributed by atoms with van der Waals surface area (Å²) in [4.78, 5) is 14.4. The molecule has 1 amide bonds. The van der Waals surface area contributed by atoms with Crippen molar-refractivity contribution in [2.24, 2.45) is 5.92 Å². The van der Waals surface area contributed by atoms with E-state index in [2.05, 4.69) is 0 Å². The summed E-state index contributed by atoms with van der Waals surface area (Å²) in [6, 6.07) is 12.1. The van der Waals surface area contributed by atoms with Crippen molar-refractivity contribution in [3.63, 3.8) is 0 Å². The number of hydrogen-bond acceptors (Lipinski definition) is 4. The van der Waals surface area contributed by atoms with Gasteiger partial charge in [0.25, 0.3) is 0 Å². The Morgan fingerprint density at radius 2 is 1.77 bits per heavy atom. The summed E-state index contributed by atoms with van der Waals surface area (Å²) < 4.78 is 32.9. The Labute approximate surface area is 193 Å². The number of nitrogens with zero attached hydrogens (tertiary/aromatic N) is 2. The van der Waals surface area contributed by atoms with Gasteiger partial charge in [-0.2, -0.15) is 4.31 Å². The van der Waals surface area contributed by atoms with Crippen molar-refractivity contribution in [3.05, 3.63) is 58.1 Å². The van der Waals surface area contributed by atoms with Crippen molar-refractivity contribution in [3.8, 4) is 5.75 Å². The molecule has 3 rings (SSSR count). The molecule has 0 unspecified atom stereocenters. The summed E-state index contributed by atoms with van der Waals surface area (Å²) in [5, 5.41) is 0.443. The minimum Gasteiger partial charge on any atom is -0.492 e. The minimum absolute atomic E-state index is 0.00295. The van der Waals surface area contributed by atoms with Crippen LogP contribution in [0.1, 0.15) is 18.4 Å². The van der Waals surface area contributed by atoms with Crippen molar-refractivity contribution in [2.75, 3.05) is 33.3 Å². The molecule has 31 heavy (non-hydrogen) atoms. The average molecular weight is 485 g/mol. The lowest BCUT2D eigenvalue weighted by Crippen LogP contribution is -2.44. The van der Waals surface area contributed by atoms with Gasteiger partial charge in [0.15, 0.2) is 0 Å². The maximum absolute atomic E-state index is 12.9. The van der Waals surface area contributed by atoms with Crippen molar-refractivity contribution >= 4 is 39.1 Å². The number of halogens is 2. The van der Waals surface area contributed by atoms with Crippen LogP contribution < -0.4 is 4.74 Å². The van der Waals surface area contributed by atoms with Gasteiger partial charge in [-0.05, 0) is 50.1 Å². The molecule has 0 bridgehead atoms. The summed E-state index contributed by atoms with van der Waals surface area (Å²) in [5.74, 6) is 0.556. The van der Waals surface area contributed by atoms with Crippen LogP contribution in [0.3, 0.4) is 0 Å². The number of rotatable bonds is 7. The van der Waals surface area contributed by atoms with E-state index in [9.17, 15) is 13.2 Å². The molecule has 168 valence electrons. The van der Waals surface area contributed by atoms with Crippen LogP contribution in [0.25, 0.3) is 0 Å². The van der Waals surface area contributed by atoms with E-state index in [0.29, 0.717) is 31.0 Å². The number of ether oxygens (including phenoxy) is 1. The van der Waals surface area contributed by atoms with E-state index in [1.165, 1.54) is 16.4 Å². The summed E-state index contributed by atoms with van der Waals surface area (Å²) in [7, 11) is -2.01. The van der Waals surface area contributed by atoms with E-state index in [1.807, 2.05) is 31.2 Å². The molecular formula is C22H26Cl2N2O4S. The quantitative estimate of drug-likeness (QED) is 0.589. The van der Waals surface area contributed by atoms with Crippen LogP contribution >= 0.6 is 23.2 Å². The third kappa shape index (κ3) is 5.92. The van der Waals surface area contributed by atoms with Crippen LogP contribution in [0, 0.1) is 12.8 Å². The summed E-state index contributed by atoms with van der Waals surface area (Å²) in [6.07, 6.45) is 0.915. The molecule has 1 saturated heterocycles. The van der Waals surface area contributed by atoms with Gasteiger partial charge in [-0.25, -0.2) is 8.42 Å². The standard InChI is InChI=1S/C22H26Cl2N2O4S/c1-16-3-6-19(7-4-16)30-14-13-25(2)22(27)17-9-11-26(12-10-17)31(28,29)21-15-18(23)5-8-20(21)24/h3-8,15,17H,9-14H2,1-2H3. The highest BCUT2D eigenvalue weighted by Crippen LogP contribution is 2.30. The van der Waals surface area contributed by atoms with Crippen LogP contribution in [-0.2, 0) is 14.8 Å². The molecule has 2 aromatic rings. The molecule has 0 aromatic heterocycles. The van der Waals surface area contributed by atoms with E-state index in [-0.39, 0.29) is 34.8 Å². The zero-order valence-electron chi connectivity index (χ0n) is 17.6. The SMILES string of the molecule is Cc1ccc(OCCN(C)C(=O)C2CCN(S(=O)(=O)c3cc(Cl)ccc3Cl)CC2)cc1. The van der Waals surface area contributed by atoms with Crippen molar-refractivity contribution < 1.29 is 17.9 Å². The Bertz CT molecular complexity index is 1020. The first-order chi connectivity index (χ1) is 14.7. The molecule has 1 aliphatic rings. The second-order valence-electron chi connectivity index (χ2n) is 7.67. The number of likely N-dealkylation sites (N-methyl/N-ethyl adjacent to an activating group) is 1. The first kappa shape index (κ1) is 23.9. The van der Waals surface area contributed by atoms with Crippen molar-refractivity contribution in [1.82, 2.24) is 9.21 Å². The van der Waals surface area contributed by atoms with Gasteiger partial charge in [0.05, 0.1) is 11.6 Å². The fraction of sp³-hybridized carbons (Fsp3) is 0.409. The Balaban J connectivity index is 1.51. The molecule has 0 N–H and O–H groups in total. The number of sulfonamides is 1. The molecular weight excluding hydrogens is 459 g/mol. The molecule has 1 fully saturated rings. The molecule has 0 radical (unpaired) electrons. The van der Waals surface area contributed by atoms with Gasteiger partial charge in [-0.3, -0.25) is 4.79 Å². The maximum atomic E-state index is 12.9. The molecule has 1 heterocycles. The average Bonchev–Trinajstić information content (AvgIpc) is 2.76. The Morgan fingerprint density at radius 1 is 1.13 bits per heavy atom. The predicted molar refractivity (Wildman–Crippen MR) is 122 cm³/mol. The van der Waals surface area contributed by atoms with Crippen molar-refractivity contribution in [2.45, 2.75) is 24.7 Å². The summed E-state index contributed by atoms with van der Waals surface area (Å²) in [5.41, 5.74) is 1.16. The van der Waals surface area contributed by atoms with Gasteiger partial charge in [0, 0.05) is 31.1 Å². The molecule has 2 aromatic carbocycles. The molecule has 0 atom stereocenters. The summed E-state index contributed by atoms with van der Waals surface area (Å²) >= 11 is 12.0. The number of carbonyl (C=O) groups excluding carboxylic acids is 1. The van der Waals surface area contributed by atoms with E-state index < -0.39 is 10.0 Å². The predicted octanol–water partition coefficient (Wildman–Crippen LogP) is 4.24. The lowest BCUT2D eigenvalue weighted by Gasteiger charge is -2.32. The second-order valence-corrected chi connectivity index (χ2v) is 10.4. The maximum Gasteiger partial charge on any atom is 0.244 e. The first-order valence-corrected chi connectivity index (χ1v) is 12.3. The molecule has 0 spiro atoms. The van der Waals surface area contributed by atoms with Gasteiger partial charge >= 0.3 is 0 Å². The molecule has 6 nitrogen and oxygen atoms in total. The van der Waals surface area contributed by atoms with E-state index >= 15 is 0 Å². The number of carbonyl (C=O) groups is 1. The Morgan fingerprint density at radius 3 is 2.42 bits per heavy atom. The topological polar surface area (TPSA) is 66.9 Å². The highest BCUT2D eigenvalue weighted by molar-refractivity contribution is 7.89. The largest absolute Gasteiger partial charge is 0.492 e. The normalized spacial score (nSPS) is 15.6. The minimum atomic E-state index is -3.76. The van der Waals surface area contributed by atoms with Gasteiger partial charge < -0.3 is 9.64 Å². The third-order valence-corrected chi connectivity index (χ3v) is 8.02. The second kappa shape index (κ2) is 10.2. The van der Waals surface area contributed by atoms with E-state index in [1.54, 1.807) is 18.0 Å². The first-order valence-electron chi connectivity index (χ1n) is 10.1. The number of hydrogen-bond donors (Lipinski definition) is 0. The van der Waals surface area contributed by atoms with Gasteiger partial charge in [0.2, 0.25) is 15.9 Å². The smallest absolute Gasteiger partial charge is 0.244 e. The van der Waals surface area contributed by atoms with Crippen LogP contribution in [-0.4, -0.2) is 56.8 Å². The molecule has 9 heteroatoms. The van der Waals surface area contributed by atoms with Crippen LogP contribution in [0.5, 0.6) is 5.75 Å². The lowest BCUT2D eigenvalue weighted by molar-refractivity contribution is -0.135. The van der Waals surface area contributed by atoms with Gasteiger partial charge in [-0.1, -0.05) is 40.9 Å². The van der Waals surface area contributed by atoms with E-state index in [4.69, 9.17) is 27.9 Å². The zero-order chi connectivity index (χ0) is 22.6. The number of benzene rings is 2. The third-order valence-electron chi connectivity index (χ3n) is 5.41. The fourth-order valence-electron chi connectivity index (χ4n) is 3.51.